The van der Waals surface area contributed by atoms with Crippen LogP contribution < -0.4 is 10.1 Å². The Bertz CT molecular complexity index is 916. The van der Waals surface area contributed by atoms with Gasteiger partial charge in [0.05, 0.1) is 16.9 Å². The number of carbonyl (C=O) groups is 1. The van der Waals surface area contributed by atoms with Crippen LogP contribution in [0.1, 0.15) is 42.7 Å². The Balaban J connectivity index is 0.00000192. The van der Waals surface area contributed by atoms with E-state index in [-0.39, 0.29) is 24.4 Å². The Hall–Kier alpha value is -1.69. The quantitative estimate of drug-likeness (QED) is 0.796. The lowest BCUT2D eigenvalue weighted by Gasteiger charge is -2.45. The molecule has 1 N–H and O–H groups in total. The third-order valence-corrected chi connectivity index (χ3v) is 6.45. The summed E-state index contributed by atoms with van der Waals surface area (Å²) in [6, 6.07) is 7.82. The number of halogens is 2. The molecule has 4 aliphatic heterocycles. The number of nitrogens with zero attached hydrogens (tertiary/aromatic N) is 2. The smallest absolute Gasteiger partial charge is 0.255 e. The molecule has 0 spiro atoms. The van der Waals surface area contributed by atoms with Crippen LogP contribution in [0.25, 0.3) is 5.69 Å². The standard InChI is InChI=1S/C21H24ClN3O2.ClH/c1-21(2)18-4-3-7-25(18)17-11-14(22)10-15(19(17)27-21)20(26)23-16-12-24-8-5-13(16)6-9-24;/h3-4,7,10-11,13,16H,5-6,8-9,12H2,1-2H3,(H,23,26);1H. The number of rotatable bonds is 2. The van der Waals surface area contributed by atoms with Crippen LogP contribution in [0.5, 0.6) is 5.75 Å². The minimum Gasteiger partial charge on any atom is -0.479 e. The molecule has 0 saturated carbocycles. The van der Waals surface area contributed by atoms with E-state index < -0.39 is 5.60 Å². The first-order valence-electron chi connectivity index (χ1n) is 9.66. The van der Waals surface area contributed by atoms with E-state index in [2.05, 4.69) is 14.8 Å². The predicted molar refractivity (Wildman–Crippen MR) is 112 cm³/mol. The number of hydrogen-bond acceptors (Lipinski definition) is 3. The lowest BCUT2D eigenvalue weighted by Crippen LogP contribution is -2.57. The topological polar surface area (TPSA) is 46.5 Å². The van der Waals surface area contributed by atoms with Crippen LogP contribution in [0.15, 0.2) is 30.5 Å². The summed E-state index contributed by atoms with van der Waals surface area (Å²) in [5.41, 5.74) is 1.86. The number of ether oxygens (including phenoxy) is 1. The van der Waals surface area contributed by atoms with E-state index in [0.717, 1.165) is 43.9 Å². The molecule has 2 bridgehead atoms. The van der Waals surface area contributed by atoms with E-state index in [1.54, 1.807) is 6.07 Å². The lowest BCUT2D eigenvalue weighted by atomic mass is 9.84. The number of aromatic nitrogens is 1. The number of carbonyl (C=O) groups excluding carboxylic acids is 1. The van der Waals surface area contributed by atoms with Crippen molar-refractivity contribution in [3.63, 3.8) is 0 Å². The van der Waals surface area contributed by atoms with Crippen LogP contribution >= 0.6 is 24.0 Å². The monoisotopic (exact) mass is 421 g/mol. The van der Waals surface area contributed by atoms with Gasteiger partial charge in [0.2, 0.25) is 0 Å². The molecule has 1 atom stereocenters. The maximum atomic E-state index is 13.2. The van der Waals surface area contributed by atoms with Crippen molar-refractivity contribution in [2.75, 3.05) is 19.6 Å². The van der Waals surface area contributed by atoms with Crippen LogP contribution in [-0.2, 0) is 5.60 Å². The zero-order valence-electron chi connectivity index (χ0n) is 16.1. The van der Waals surface area contributed by atoms with Gasteiger partial charge in [0, 0.05) is 23.8 Å². The predicted octanol–water partition coefficient (Wildman–Crippen LogP) is 4.00. The maximum absolute atomic E-state index is 13.2. The molecule has 0 aliphatic carbocycles. The third kappa shape index (κ3) is 3.10. The highest BCUT2D eigenvalue weighted by Crippen LogP contribution is 2.42. The van der Waals surface area contributed by atoms with E-state index in [1.165, 1.54) is 0 Å². The van der Waals surface area contributed by atoms with Crippen molar-refractivity contribution in [3.05, 3.63) is 46.7 Å². The Morgan fingerprint density at radius 1 is 1.29 bits per heavy atom. The summed E-state index contributed by atoms with van der Waals surface area (Å²) >= 11 is 6.38. The van der Waals surface area contributed by atoms with Crippen molar-refractivity contribution >= 4 is 29.9 Å². The highest BCUT2D eigenvalue weighted by Gasteiger charge is 2.38. The maximum Gasteiger partial charge on any atom is 0.255 e. The van der Waals surface area contributed by atoms with Gasteiger partial charge in [-0.3, -0.25) is 4.79 Å². The summed E-state index contributed by atoms with van der Waals surface area (Å²) in [7, 11) is 0. The van der Waals surface area contributed by atoms with Gasteiger partial charge < -0.3 is 19.5 Å². The third-order valence-electron chi connectivity index (χ3n) is 6.23. The summed E-state index contributed by atoms with van der Waals surface area (Å²) in [6.07, 6.45) is 4.31. The van der Waals surface area contributed by atoms with Gasteiger partial charge in [-0.1, -0.05) is 11.6 Å². The highest BCUT2D eigenvalue weighted by molar-refractivity contribution is 6.31. The van der Waals surface area contributed by atoms with Gasteiger partial charge in [-0.05, 0) is 70.0 Å². The number of nitrogens with one attached hydrogen (secondary N) is 1. The summed E-state index contributed by atoms with van der Waals surface area (Å²) < 4.78 is 8.38. The summed E-state index contributed by atoms with van der Waals surface area (Å²) in [5.74, 6) is 1.08. The van der Waals surface area contributed by atoms with Gasteiger partial charge in [0.1, 0.15) is 5.60 Å². The normalized spacial score (nSPS) is 26.5. The molecule has 28 heavy (non-hydrogen) atoms. The van der Waals surface area contributed by atoms with E-state index in [0.29, 0.717) is 22.3 Å². The summed E-state index contributed by atoms with van der Waals surface area (Å²) in [6.45, 7) is 7.28. The van der Waals surface area contributed by atoms with E-state index >= 15 is 0 Å². The van der Waals surface area contributed by atoms with E-state index in [4.69, 9.17) is 16.3 Å². The Kier molecular flexibility index (Phi) is 4.89. The fourth-order valence-electron chi connectivity index (χ4n) is 4.80. The molecular weight excluding hydrogens is 397 g/mol. The fraction of sp³-hybridized carbons (Fsp3) is 0.476. The fourth-order valence-corrected chi connectivity index (χ4v) is 5.01. The number of fused-ring (bicyclic) bond motifs is 6. The van der Waals surface area contributed by atoms with Crippen LogP contribution in [0, 0.1) is 5.92 Å². The van der Waals surface area contributed by atoms with Crippen LogP contribution in [0.2, 0.25) is 5.02 Å². The van der Waals surface area contributed by atoms with Crippen molar-refractivity contribution in [2.24, 2.45) is 5.92 Å². The second-order valence-corrected chi connectivity index (χ2v) is 8.83. The average Bonchev–Trinajstić information content (AvgIpc) is 3.14. The minimum atomic E-state index is -0.519. The molecule has 6 rings (SSSR count). The summed E-state index contributed by atoms with van der Waals surface area (Å²) in [5, 5.41) is 3.80. The van der Waals surface area contributed by atoms with Crippen molar-refractivity contribution in [3.8, 4) is 11.4 Å². The zero-order chi connectivity index (χ0) is 18.8. The first-order chi connectivity index (χ1) is 12.9. The Morgan fingerprint density at radius 2 is 2.04 bits per heavy atom. The van der Waals surface area contributed by atoms with Crippen molar-refractivity contribution in [2.45, 2.75) is 38.3 Å². The second kappa shape index (κ2) is 6.97. The average molecular weight is 422 g/mol. The highest BCUT2D eigenvalue weighted by atomic mass is 35.5. The molecular formula is C21H25Cl2N3O2. The molecule has 1 aromatic carbocycles. The van der Waals surface area contributed by atoms with Crippen LogP contribution in [0.3, 0.4) is 0 Å². The second-order valence-electron chi connectivity index (χ2n) is 8.40. The molecule has 5 heterocycles. The molecule has 4 aliphatic rings. The van der Waals surface area contributed by atoms with Crippen molar-refractivity contribution < 1.29 is 9.53 Å². The van der Waals surface area contributed by atoms with Gasteiger partial charge in [0.25, 0.3) is 5.91 Å². The largest absolute Gasteiger partial charge is 0.479 e. The van der Waals surface area contributed by atoms with Crippen LogP contribution in [0.4, 0.5) is 0 Å². The molecule has 5 nitrogen and oxygen atoms in total. The number of hydrogen-bond donors (Lipinski definition) is 1. The first kappa shape index (κ1) is 19.6. The van der Waals surface area contributed by atoms with Crippen LogP contribution in [-0.4, -0.2) is 41.1 Å². The van der Waals surface area contributed by atoms with Crippen molar-refractivity contribution in [1.29, 1.82) is 0 Å². The molecule has 1 aromatic heterocycles. The van der Waals surface area contributed by atoms with Gasteiger partial charge >= 0.3 is 0 Å². The summed E-state index contributed by atoms with van der Waals surface area (Å²) in [4.78, 5) is 15.6. The number of benzene rings is 1. The zero-order valence-corrected chi connectivity index (χ0v) is 17.6. The molecule has 3 fully saturated rings. The molecule has 2 aromatic rings. The van der Waals surface area contributed by atoms with E-state index in [9.17, 15) is 4.79 Å². The SMILES string of the molecule is CC1(C)Oc2c(C(=O)NC3CN4CCC3CC4)cc(Cl)cc2-n2cccc21.Cl. The number of piperidine rings is 3. The van der Waals surface area contributed by atoms with Gasteiger partial charge in [-0.25, -0.2) is 0 Å². The Morgan fingerprint density at radius 3 is 2.71 bits per heavy atom. The molecule has 3 saturated heterocycles. The van der Waals surface area contributed by atoms with Gasteiger partial charge in [-0.2, -0.15) is 0 Å². The molecule has 0 radical (unpaired) electrons. The molecule has 1 unspecified atom stereocenters. The molecule has 150 valence electrons. The first-order valence-corrected chi connectivity index (χ1v) is 10.0. The number of amides is 1. The van der Waals surface area contributed by atoms with E-state index in [1.807, 2.05) is 38.2 Å². The Labute approximate surface area is 176 Å². The molecule has 1 amide bonds. The lowest BCUT2D eigenvalue weighted by molar-refractivity contribution is 0.0606. The van der Waals surface area contributed by atoms with Gasteiger partial charge in [0.15, 0.2) is 5.75 Å². The minimum absolute atomic E-state index is 0. The molecule has 7 heteroatoms. The van der Waals surface area contributed by atoms with Gasteiger partial charge in [-0.15, -0.1) is 12.4 Å². The van der Waals surface area contributed by atoms with Crippen molar-refractivity contribution in [1.82, 2.24) is 14.8 Å².